The molecule has 0 bridgehead atoms. The molecule has 0 atom stereocenters. The van der Waals surface area contributed by atoms with Crippen molar-refractivity contribution in [1.29, 1.82) is 0 Å². The van der Waals surface area contributed by atoms with Gasteiger partial charge in [0.15, 0.2) is 14.8 Å². The van der Waals surface area contributed by atoms with Gasteiger partial charge in [0, 0.05) is 18.8 Å². The second-order valence-electron chi connectivity index (χ2n) is 7.64. The zero-order valence-electron chi connectivity index (χ0n) is 17.0. The third kappa shape index (κ3) is 4.38. The first-order chi connectivity index (χ1) is 14.4. The summed E-state index contributed by atoms with van der Waals surface area (Å²) in [4.78, 5) is 30.0. The van der Waals surface area contributed by atoms with E-state index in [0.717, 1.165) is 24.1 Å². The zero-order valence-corrected chi connectivity index (χ0v) is 19.5. The Kier molecular flexibility index (Phi) is 6.40. The van der Waals surface area contributed by atoms with Gasteiger partial charge in [0.25, 0.3) is 5.56 Å². The summed E-state index contributed by atoms with van der Waals surface area (Å²) in [5.74, 6) is 0.222. The Bertz CT molecular complexity index is 1190. The molecule has 6 nitrogen and oxygen atoms in total. The third-order valence-corrected chi connectivity index (χ3v) is 7.75. The first-order valence-electron chi connectivity index (χ1n) is 10.1. The summed E-state index contributed by atoms with van der Waals surface area (Å²) < 4.78 is 4.45. The van der Waals surface area contributed by atoms with Gasteiger partial charge >= 0.3 is 0 Å². The molecule has 1 aliphatic carbocycles. The summed E-state index contributed by atoms with van der Waals surface area (Å²) in [6, 6.07) is 8.23. The van der Waals surface area contributed by atoms with E-state index in [1.807, 2.05) is 35.8 Å². The molecule has 0 unspecified atom stereocenters. The Morgan fingerprint density at radius 2 is 1.97 bits per heavy atom. The maximum absolute atomic E-state index is 12.9. The SMILES string of the molecule is Cc1ccc(-n2c(=S)sc3c(=O)n(C)c(SCC(=O)NC4CCCCC4)nc32)cc1. The number of fused-ring (bicyclic) bond motifs is 1. The summed E-state index contributed by atoms with van der Waals surface area (Å²) in [5, 5.41) is 3.63. The molecule has 158 valence electrons. The minimum atomic E-state index is -0.142. The molecule has 4 rings (SSSR count). The molecule has 0 saturated heterocycles. The van der Waals surface area contributed by atoms with Crippen LogP contribution in [0.1, 0.15) is 37.7 Å². The van der Waals surface area contributed by atoms with Crippen molar-refractivity contribution in [3.05, 3.63) is 44.1 Å². The number of aryl methyl sites for hydroxylation is 1. The van der Waals surface area contributed by atoms with Gasteiger partial charge in [-0.3, -0.25) is 18.7 Å². The van der Waals surface area contributed by atoms with Gasteiger partial charge in [-0.1, -0.05) is 60.1 Å². The molecule has 9 heteroatoms. The van der Waals surface area contributed by atoms with Gasteiger partial charge in [0.2, 0.25) is 5.91 Å². The second-order valence-corrected chi connectivity index (χ2v) is 10.2. The van der Waals surface area contributed by atoms with Crippen LogP contribution in [-0.2, 0) is 11.8 Å². The second kappa shape index (κ2) is 9.03. The fourth-order valence-corrected chi connectivity index (χ4v) is 5.83. The van der Waals surface area contributed by atoms with Crippen molar-refractivity contribution in [3.63, 3.8) is 0 Å². The molecular formula is C21H24N4O2S3. The number of aromatic nitrogens is 3. The van der Waals surface area contributed by atoms with Crippen LogP contribution in [0.3, 0.4) is 0 Å². The molecular weight excluding hydrogens is 436 g/mol. The minimum absolute atomic E-state index is 0.0121. The highest BCUT2D eigenvalue weighted by Gasteiger charge is 2.19. The van der Waals surface area contributed by atoms with Crippen LogP contribution >= 0.6 is 35.3 Å². The van der Waals surface area contributed by atoms with Gasteiger partial charge < -0.3 is 5.32 Å². The van der Waals surface area contributed by atoms with E-state index in [0.29, 0.717) is 19.5 Å². The first-order valence-corrected chi connectivity index (χ1v) is 12.3. The van der Waals surface area contributed by atoms with E-state index in [9.17, 15) is 9.59 Å². The largest absolute Gasteiger partial charge is 0.353 e. The lowest BCUT2D eigenvalue weighted by molar-refractivity contribution is -0.119. The number of thiazole rings is 1. The summed E-state index contributed by atoms with van der Waals surface area (Å²) in [5.41, 5.74) is 2.43. The van der Waals surface area contributed by atoms with Crippen LogP contribution in [-0.4, -0.2) is 31.8 Å². The van der Waals surface area contributed by atoms with E-state index < -0.39 is 0 Å². The van der Waals surface area contributed by atoms with E-state index in [2.05, 4.69) is 5.32 Å². The lowest BCUT2D eigenvalue weighted by Gasteiger charge is -2.22. The molecule has 2 aromatic heterocycles. The van der Waals surface area contributed by atoms with E-state index in [1.54, 1.807) is 7.05 Å². The quantitative estimate of drug-likeness (QED) is 0.348. The number of nitrogens with zero attached hydrogens (tertiary/aromatic N) is 3. The van der Waals surface area contributed by atoms with Crippen LogP contribution in [0.25, 0.3) is 16.0 Å². The van der Waals surface area contributed by atoms with E-state index >= 15 is 0 Å². The topological polar surface area (TPSA) is 68.9 Å². The standard InChI is InChI=1S/C21H24N4O2S3/c1-13-8-10-15(11-9-13)25-18-17(30-21(25)28)19(27)24(2)20(23-18)29-12-16(26)22-14-6-4-3-5-7-14/h8-11,14H,3-7,12H2,1-2H3,(H,22,26). The molecule has 0 aliphatic heterocycles. The summed E-state index contributed by atoms with van der Waals surface area (Å²) in [6.45, 7) is 2.02. The van der Waals surface area contributed by atoms with Crippen molar-refractivity contribution in [1.82, 2.24) is 19.4 Å². The normalized spacial score (nSPS) is 14.9. The fourth-order valence-electron chi connectivity index (χ4n) is 3.71. The van der Waals surface area contributed by atoms with Gasteiger partial charge in [-0.2, -0.15) is 0 Å². The summed E-state index contributed by atoms with van der Waals surface area (Å²) in [6.07, 6.45) is 5.69. The zero-order chi connectivity index (χ0) is 21.3. The lowest BCUT2D eigenvalue weighted by Crippen LogP contribution is -2.37. The Morgan fingerprint density at radius 3 is 2.67 bits per heavy atom. The maximum Gasteiger partial charge on any atom is 0.273 e. The lowest BCUT2D eigenvalue weighted by atomic mass is 9.95. The van der Waals surface area contributed by atoms with Crippen LogP contribution in [0, 0.1) is 10.9 Å². The number of amides is 1. The molecule has 1 saturated carbocycles. The number of benzene rings is 1. The Morgan fingerprint density at radius 1 is 1.27 bits per heavy atom. The Balaban J connectivity index is 1.62. The summed E-state index contributed by atoms with van der Waals surface area (Å²) >= 11 is 8.09. The van der Waals surface area contributed by atoms with E-state index in [-0.39, 0.29) is 23.3 Å². The van der Waals surface area contributed by atoms with Gasteiger partial charge in [0.05, 0.1) is 5.75 Å². The number of hydrogen-bond acceptors (Lipinski definition) is 6. The molecule has 30 heavy (non-hydrogen) atoms. The Hall–Kier alpha value is -1.97. The summed E-state index contributed by atoms with van der Waals surface area (Å²) in [7, 11) is 1.69. The van der Waals surface area contributed by atoms with Crippen molar-refractivity contribution in [3.8, 4) is 5.69 Å². The van der Waals surface area contributed by atoms with Crippen molar-refractivity contribution >= 4 is 51.6 Å². The monoisotopic (exact) mass is 460 g/mol. The van der Waals surface area contributed by atoms with Crippen LogP contribution < -0.4 is 10.9 Å². The van der Waals surface area contributed by atoms with Gasteiger partial charge in [0.1, 0.15) is 4.70 Å². The molecule has 0 spiro atoms. The van der Waals surface area contributed by atoms with Gasteiger partial charge in [-0.15, -0.1) is 0 Å². The molecule has 0 radical (unpaired) electrons. The van der Waals surface area contributed by atoms with Crippen LogP contribution in [0.4, 0.5) is 0 Å². The number of rotatable bonds is 5. The molecule has 1 amide bonds. The Labute approximate surface area is 188 Å². The minimum Gasteiger partial charge on any atom is -0.353 e. The van der Waals surface area contributed by atoms with Crippen molar-refractivity contribution < 1.29 is 4.79 Å². The van der Waals surface area contributed by atoms with E-state index in [1.165, 1.54) is 46.9 Å². The van der Waals surface area contributed by atoms with Crippen molar-refractivity contribution in [2.45, 2.75) is 50.2 Å². The molecule has 1 fully saturated rings. The molecule has 1 aliphatic rings. The average Bonchev–Trinajstić information content (AvgIpc) is 3.07. The smallest absolute Gasteiger partial charge is 0.273 e. The van der Waals surface area contributed by atoms with Crippen LogP contribution in [0.15, 0.2) is 34.2 Å². The molecule has 3 aromatic rings. The number of carbonyl (C=O) groups is 1. The highest BCUT2D eigenvalue weighted by atomic mass is 32.2. The van der Waals surface area contributed by atoms with Crippen LogP contribution in [0.5, 0.6) is 0 Å². The predicted molar refractivity (Wildman–Crippen MR) is 125 cm³/mol. The number of carbonyl (C=O) groups excluding carboxylic acids is 1. The molecule has 1 aromatic carbocycles. The van der Waals surface area contributed by atoms with Crippen LogP contribution in [0.2, 0.25) is 0 Å². The first kappa shape index (κ1) is 21.3. The molecule has 2 heterocycles. The third-order valence-electron chi connectivity index (χ3n) is 5.37. The van der Waals surface area contributed by atoms with Crippen molar-refractivity contribution in [2.75, 3.05) is 5.75 Å². The van der Waals surface area contributed by atoms with E-state index in [4.69, 9.17) is 17.2 Å². The number of nitrogens with one attached hydrogen (secondary N) is 1. The molecule has 1 N–H and O–H groups in total. The highest BCUT2D eigenvalue weighted by Crippen LogP contribution is 2.26. The van der Waals surface area contributed by atoms with Crippen molar-refractivity contribution in [2.24, 2.45) is 7.05 Å². The van der Waals surface area contributed by atoms with Gasteiger partial charge in [-0.05, 0) is 44.1 Å². The average molecular weight is 461 g/mol. The number of hydrogen-bond donors (Lipinski definition) is 1. The highest BCUT2D eigenvalue weighted by molar-refractivity contribution is 7.99. The maximum atomic E-state index is 12.9. The predicted octanol–water partition coefficient (Wildman–Crippen LogP) is 4.36. The fraction of sp³-hybridized carbons (Fsp3) is 0.429. The van der Waals surface area contributed by atoms with Gasteiger partial charge in [-0.25, -0.2) is 4.98 Å². The number of thioether (sulfide) groups is 1.